The van der Waals surface area contributed by atoms with E-state index in [1.165, 1.54) is 6.42 Å². The van der Waals surface area contributed by atoms with E-state index in [0.29, 0.717) is 18.6 Å². The summed E-state index contributed by atoms with van der Waals surface area (Å²) < 4.78 is 11.6. The summed E-state index contributed by atoms with van der Waals surface area (Å²) in [6.07, 6.45) is 3.69. The molecule has 1 fully saturated rings. The predicted octanol–water partition coefficient (Wildman–Crippen LogP) is 3.08. The number of hydrogen-bond donors (Lipinski definition) is 1. The molecule has 0 aliphatic carbocycles. The van der Waals surface area contributed by atoms with Gasteiger partial charge >= 0.3 is 0 Å². The molecule has 21 heavy (non-hydrogen) atoms. The zero-order chi connectivity index (χ0) is 15.1. The Morgan fingerprint density at radius 1 is 1.43 bits per heavy atom. The minimum atomic E-state index is 0.380. The lowest BCUT2D eigenvalue weighted by molar-refractivity contribution is 0.0901. The summed E-state index contributed by atoms with van der Waals surface area (Å²) in [5.41, 5.74) is 2.03. The van der Waals surface area contributed by atoms with Crippen molar-refractivity contribution in [1.29, 1.82) is 0 Å². The van der Waals surface area contributed by atoms with Crippen LogP contribution in [-0.2, 0) is 11.3 Å². The second-order valence-electron chi connectivity index (χ2n) is 6.19. The van der Waals surface area contributed by atoms with Gasteiger partial charge in [-0.25, -0.2) is 0 Å². The average Bonchev–Trinajstić information content (AvgIpc) is 2.94. The molecule has 0 spiro atoms. The van der Waals surface area contributed by atoms with Gasteiger partial charge in [-0.15, -0.1) is 0 Å². The highest BCUT2D eigenvalue weighted by Gasteiger charge is 2.15. The summed E-state index contributed by atoms with van der Waals surface area (Å²) in [5.74, 6) is 1.54. The van der Waals surface area contributed by atoms with Gasteiger partial charge in [0.2, 0.25) is 0 Å². The molecule has 1 aromatic rings. The Balaban J connectivity index is 1.84. The fourth-order valence-corrected chi connectivity index (χ4v) is 2.51. The molecular formula is C17H28N2O2. The summed E-state index contributed by atoms with van der Waals surface area (Å²) in [6.45, 7) is 9.78. The van der Waals surface area contributed by atoms with E-state index in [2.05, 4.69) is 24.1 Å². The third-order valence-corrected chi connectivity index (χ3v) is 3.64. The number of nitrogens with one attached hydrogen (secondary N) is 1. The SMILES string of the molecule is Cc1ccc(OCCC2CCCO2)c(CNCC(C)C)n1. The largest absolute Gasteiger partial charge is 0.492 e. The summed E-state index contributed by atoms with van der Waals surface area (Å²) in [7, 11) is 0. The normalized spacial score (nSPS) is 18.4. The molecule has 0 radical (unpaired) electrons. The molecule has 4 nitrogen and oxygen atoms in total. The van der Waals surface area contributed by atoms with Crippen LogP contribution in [0, 0.1) is 12.8 Å². The van der Waals surface area contributed by atoms with E-state index < -0.39 is 0 Å². The number of pyridine rings is 1. The lowest BCUT2D eigenvalue weighted by Crippen LogP contribution is -2.20. The van der Waals surface area contributed by atoms with Crippen LogP contribution in [0.4, 0.5) is 0 Å². The molecule has 0 bridgehead atoms. The highest BCUT2D eigenvalue weighted by atomic mass is 16.5. The first-order chi connectivity index (χ1) is 10.1. The molecule has 1 aromatic heterocycles. The van der Waals surface area contributed by atoms with Crippen LogP contribution < -0.4 is 10.1 Å². The lowest BCUT2D eigenvalue weighted by Gasteiger charge is -2.14. The Morgan fingerprint density at radius 3 is 3.00 bits per heavy atom. The van der Waals surface area contributed by atoms with Gasteiger partial charge < -0.3 is 14.8 Å². The number of aryl methyl sites for hydroxylation is 1. The molecule has 1 saturated heterocycles. The van der Waals surface area contributed by atoms with Crippen LogP contribution in [0.1, 0.15) is 44.5 Å². The van der Waals surface area contributed by atoms with E-state index in [1.54, 1.807) is 0 Å². The second kappa shape index (κ2) is 8.35. The molecule has 118 valence electrons. The number of nitrogens with zero attached hydrogens (tertiary/aromatic N) is 1. The van der Waals surface area contributed by atoms with Crippen molar-refractivity contribution in [3.63, 3.8) is 0 Å². The van der Waals surface area contributed by atoms with E-state index in [9.17, 15) is 0 Å². The van der Waals surface area contributed by atoms with Gasteiger partial charge in [0, 0.05) is 25.3 Å². The molecule has 1 unspecified atom stereocenters. The van der Waals surface area contributed by atoms with Crippen molar-refractivity contribution in [2.75, 3.05) is 19.8 Å². The van der Waals surface area contributed by atoms with Gasteiger partial charge in [0.25, 0.3) is 0 Å². The topological polar surface area (TPSA) is 43.4 Å². The van der Waals surface area contributed by atoms with Gasteiger partial charge in [-0.1, -0.05) is 13.8 Å². The standard InChI is InChI=1S/C17H28N2O2/c1-13(2)11-18-12-16-17(7-6-14(3)19-16)21-10-8-15-5-4-9-20-15/h6-7,13,15,18H,4-5,8-12H2,1-3H3. The van der Waals surface area contributed by atoms with Gasteiger partial charge in [0.05, 0.1) is 18.4 Å². The summed E-state index contributed by atoms with van der Waals surface area (Å²) >= 11 is 0. The first-order valence-corrected chi connectivity index (χ1v) is 8.07. The fourth-order valence-electron chi connectivity index (χ4n) is 2.51. The van der Waals surface area contributed by atoms with Crippen LogP contribution >= 0.6 is 0 Å². The Morgan fingerprint density at radius 2 is 2.29 bits per heavy atom. The van der Waals surface area contributed by atoms with Crippen molar-refractivity contribution in [1.82, 2.24) is 10.3 Å². The first-order valence-electron chi connectivity index (χ1n) is 8.07. The molecule has 0 amide bonds. The molecule has 0 saturated carbocycles. The van der Waals surface area contributed by atoms with E-state index in [1.807, 2.05) is 19.1 Å². The van der Waals surface area contributed by atoms with Crippen molar-refractivity contribution in [2.45, 2.75) is 52.7 Å². The van der Waals surface area contributed by atoms with E-state index in [-0.39, 0.29) is 0 Å². The zero-order valence-electron chi connectivity index (χ0n) is 13.5. The molecule has 2 heterocycles. The van der Waals surface area contributed by atoms with Crippen molar-refractivity contribution in [3.05, 3.63) is 23.5 Å². The molecule has 4 heteroatoms. The molecule has 1 N–H and O–H groups in total. The van der Waals surface area contributed by atoms with Crippen LogP contribution in [0.2, 0.25) is 0 Å². The van der Waals surface area contributed by atoms with Gasteiger partial charge in [-0.3, -0.25) is 4.98 Å². The maximum atomic E-state index is 5.93. The highest BCUT2D eigenvalue weighted by molar-refractivity contribution is 5.29. The number of ether oxygens (including phenoxy) is 2. The summed E-state index contributed by atoms with van der Waals surface area (Å²) in [4.78, 5) is 4.60. The molecular weight excluding hydrogens is 264 g/mol. The maximum absolute atomic E-state index is 5.93. The smallest absolute Gasteiger partial charge is 0.142 e. The fraction of sp³-hybridized carbons (Fsp3) is 0.706. The number of rotatable bonds is 8. The minimum absolute atomic E-state index is 0.380. The van der Waals surface area contributed by atoms with E-state index in [0.717, 1.165) is 49.7 Å². The maximum Gasteiger partial charge on any atom is 0.142 e. The van der Waals surface area contributed by atoms with Crippen LogP contribution in [0.25, 0.3) is 0 Å². The third-order valence-electron chi connectivity index (χ3n) is 3.64. The number of aromatic nitrogens is 1. The summed E-state index contributed by atoms with van der Waals surface area (Å²) in [6, 6.07) is 4.04. The van der Waals surface area contributed by atoms with Crippen molar-refractivity contribution < 1.29 is 9.47 Å². The Labute approximate surface area is 128 Å². The van der Waals surface area contributed by atoms with E-state index >= 15 is 0 Å². The van der Waals surface area contributed by atoms with E-state index in [4.69, 9.17) is 9.47 Å². The third kappa shape index (κ3) is 5.64. The quantitative estimate of drug-likeness (QED) is 0.799. The number of hydrogen-bond acceptors (Lipinski definition) is 4. The van der Waals surface area contributed by atoms with Crippen LogP contribution in [-0.4, -0.2) is 30.8 Å². The predicted molar refractivity (Wildman–Crippen MR) is 84.6 cm³/mol. The van der Waals surface area contributed by atoms with Crippen molar-refractivity contribution in [2.24, 2.45) is 5.92 Å². The highest BCUT2D eigenvalue weighted by Crippen LogP contribution is 2.19. The monoisotopic (exact) mass is 292 g/mol. The molecule has 2 rings (SSSR count). The molecule has 1 atom stereocenters. The van der Waals surface area contributed by atoms with Gasteiger partial charge in [-0.2, -0.15) is 0 Å². The Kier molecular flexibility index (Phi) is 6.46. The Bertz CT molecular complexity index is 429. The van der Waals surface area contributed by atoms with Crippen LogP contribution in [0.3, 0.4) is 0 Å². The minimum Gasteiger partial charge on any atom is -0.492 e. The molecule has 0 aromatic carbocycles. The van der Waals surface area contributed by atoms with Crippen LogP contribution in [0.5, 0.6) is 5.75 Å². The summed E-state index contributed by atoms with van der Waals surface area (Å²) in [5, 5.41) is 3.43. The zero-order valence-corrected chi connectivity index (χ0v) is 13.5. The Hall–Kier alpha value is -1.13. The average molecular weight is 292 g/mol. The van der Waals surface area contributed by atoms with Gasteiger partial charge in [0.15, 0.2) is 0 Å². The lowest BCUT2D eigenvalue weighted by atomic mass is 10.2. The first kappa shape index (κ1) is 16.2. The van der Waals surface area contributed by atoms with Crippen LogP contribution in [0.15, 0.2) is 12.1 Å². The molecule has 1 aliphatic rings. The molecule has 1 aliphatic heterocycles. The van der Waals surface area contributed by atoms with Gasteiger partial charge in [0.1, 0.15) is 5.75 Å². The van der Waals surface area contributed by atoms with Crippen molar-refractivity contribution in [3.8, 4) is 5.75 Å². The second-order valence-corrected chi connectivity index (χ2v) is 6.19. The van der Waals surface area contributed by atoms with Gasteiger partial charge in [-0.05, 0) is 44.4 Å². The van der Waals surface area contributed by atoms with Crippen molar-refractivity contribution >= 4 is 0 Å².